The van der Waals surface area contributed by atoms with E-state index in [1.807, 2.05) is 38.1 Å². The molecule has 0 saturated carbocycles. The van der Waals surface area contributed by atoms with Crippen LogP contribution >= 0.6 is 0 Å². The first-order chi connectivity index (χ1) is 8.15. The Bertz CT molecular complexity index is 382. The van der Waals surface area contributed by atoms with Crippen molar-refractivity contribution < 1.29 is 4.79 Å². The molecule has 0 aromatic heterocycles. The van der Waals surface area contributed by atoms with Crippen LogP contribution in [0.25, 0.3) is 0 Å². The van der Waals surface area contributed by atoms with Gasteiger partial charge in [0.2, 0.25) is 5.91 Å². The first kappa shape index (κ1) is 11.9. The van der Waals surface area contributed by atoms with Gasteiger partial charge in [0.15, 0.2) is 0 Å². The number of nitrogens with one attached hydrogen (secondary N) is 3. The molecule has 92 valence electrons. The Morgan fingerprint density at radius 2 is 1.82 bits per heavy atom. The Morgan fingerprint density at radius 1 is 1.24 bits per heavy atom. The smallest absolute Gasteiger partial charge is 0.226 e. The van der Waals surface area contributed by atoms with Gasteiger partial charge < -0.3 is 16.0 Å². The van der Waals surface area contributed by atoms with Crippen molar-refractivity contribution in [3.8, 4) is 0 Å². The molecule has 4 nitrogen and oxygen atoms in total. The van der Waals surface area contributed by atoms with Crippen LogP contribution in [0.3, 0.4) is 0 Å². The minimum absolute atomic E-state index is 0.00820. The lowest BCUT2D eigenvalue weighted by Gasteiger charge is -2.29. The summed E-state index contributed by atoms with van der Waals surface area (Å²) in [6.45, 7) is 5.81. The van der Waals surface area contributed by atoms with Gasteiger partial charge in [0.05, 0.1) is 6.04 Å². The van der Waals surface area contributed by atoms with Gasteiger partial charge in [-0.3, -0.25) is 4.79 Å². The average molecular weight is 233 g/mol. The van der Waals surface area contributed by atoms with Gasteiger partial charge in [0.25, 0.3) is 0 Å². The second-order valence-corrected chi connectivity index (χ2v) is 4.72. The highest BCUT2D eigenvalue weighted by molar-refractivity contribution is 5.92. The highest BCUT2D eigenvalue weighted by Crippen LogP contribution is 2.15. The van der Waals surface area contributed by atoms with Crippen LogP contribution in [-0.4, -0.2) is 25.0 Å². The maximum absolute atomic E-state index is 11.5. The molecule has 0 bridgehead atoms. The second-order valence-electron chi connectivity index (χ2n) is 4.72. The lowest BCUT2D eigenvalue weighted by Crippen LogP contribution is -2.51. The fourth-order valence-corrected chi connectivity index (χ4v) is 1.56. The average Bonchev–Trinajstić information content (AvgIpc) is 2.25. The summed E-state index contributed by atoms with van der Waals surface area (Å²) in [5.74, 6) is 0.0581. The molecule has 1 aromatic rings. The van der Waals surface area contributed by atoms with E-state index in [0.29, 0.717) is 6.04 Å². The summed E-state index contributed by atoms with van der Waals surface area (Å²) < 4.78 is 0. The third-order valence-electron chi connectivity index (χ3n) is 2.83. The zero-order valence-electron chi connectivity index (χ0n) is 10.3. The molecule has 17 heavy (non-hydrogen) atoms. The summed E-state index contributed by atoms with van der Waals surface area (Å²) in [4.78, 5) is 11.5. The van der Waals surface area contributed by atoms with Crippen LogP contribution in [0.2, 0.25) is 0 Å². The van der Waals surface area contributed by atoms with Crippen molar-refractivity contribution in [3.63, 3.8) is 0 Å². The molecule has 1 heterocycles. The van der Waals surface area contributed by atoms with Crippen LogP contribution in [0.4, 0.5) is 11.4 Å². The quantitative estimate of drug-likeness (QED) is 0.741. The SMILES string of the molecule is CC(C)C(=O)Nc1ccc(NC2CNC2)cc1. The van der Waals surface area contributed by atoms with Gasteiger partial charge in [0.1, 0.15) is 0 Å². The maximum Gasteiger partial charge on any atom is 0.226 e. The molecular formula is C13H19N3O. The van der Waals surface area contributed by atoms with E-state index in [2.05, 4.69) is 16.0 Å². The molecule has 1 amide bonds. The molecule has 0 spiro atoms. The van der Waals surface area contributed by atoms with Crippen LogP contribution in [0, 0.1) is 5.92 Å². The van der Waals surface area contributed by atoms with E-state index in [1.54, 1.807) is 0 Å². The number of amides is 1. The monoisotopic (exact) mass is 233 g/mol. The highest BCUT2D eigenvalue weighted by Gasteiger charge is 2.15. The Kier molecular flexibility index (Phi) is 3.64. The molecule has 1 aliphatic heterocycles. The minimum Gasteiger partial charge on any atom is -0.380 e. The second kappa shape index (κ2) is 5.19. The van der Waals surface area contributed by atoms with Crippen LogP contribution in [-0.2, 0) is 4.79 Å². The summed E-state index contributed by atoms with van der Waals surface area (Å²) in [6, 6.07) is 8.37. The predicted molar refractivity (Wildman–Crippen MR) is 70.2 cm³/mol. The minimum atomic E-state index is 0.00820. The first-order valence-corrected chi connectivity index (χ1v) is 6.03. The van der Waals surface area contributed by atoms with E-state index in [9.17, 15) is 4.79 Å². The Balaban J connectivity index is 1.90. The number of anilines is 2. The van der Waals surface area contributed by atoms with Gasteiger partial charge in [-0.2, -0.15) is 0 Å². The number of hydrogen-bond donors (Lipinski definition) is 3. The zero-order valence-corrected chi connectivity index (χ0v) is 10.3. The van der Waals surface area contributed by atoms with Crippen molar-refractivity contribution in [2.75, 3.05) is 23.7 Å². The van der Waals surface area contributed by atoms with Crippen molar-refractivity contribution in [1.82, 2.24) is 5.32 Å². The molecule has 0 unspecified atom stereocenters. The first-order valence-electron chi connectivity index (χ1n) is 6.03. The van der Waals surface area contributed by atoms with Crippen LogP contribution in [0.5, 0.6) is 0 Å². The Hall–Kier alpha value is -1.55. The zero-order chi connectivity index (χ0) is 12.3. The lowest BCUT2D eigenvalue weighted by atomic mass is 10.1. The molecule has 1 fully saturated rings. The molecule has 3 N–H and O–H groups in total. The van der Waals surface area contributed by atoms with Crippen molar-refractivity contribution >= 4 is 17.3 Å². The molecule has 2 rings (SSSR count). The van der Waals surface area contributed by atoms with E-state index in [1.165, 1.54) is 0 Å². The molecule has 0 radical (unpaired) electrons. The standard InChI is InChI=1S/C13H19N3O/c1-9(2)13(17)16-11-5-3-10(4-6-11)15-12-7-14-8-12/h3-6,9,12,14-15H,7-8H2,1-2H3,(H,16,17). The van der Waals surface area contributed by atoms with Crippen LogP contribution in [0.1, 0.15) is 13.8 Å². The summed E-state index contributed by atoms with van der Waals surface area (Å²) in [5.41, 5.74) is 1.94. The van der Waals surface area contributed by atoms with Gasteiger partial charge in [-0.15, -0.1) is 0 Å². The third-order valence-corrected chi connectivity index (χ3v) is 2.83. The fourth-order valence-electron chi connectivity index (χ4n) is 1.56. The molecule has 1 saturated heterocycles. The Labute approximate surface area is 102 Å². The van der Waals surface area contributed by atoms with Crippen LogP contribution in [0.15, 0.2) is 24.3 Å². The fraction of sp³-hybridized carbons (Fsp3) is 0.462. The largest absolute Gasteiger partial charge is 0.380 e. The van der Waals surface area contributed by atoms with Crippen molar-refractivity contribution in [3.05, 3.63) is 24.3 Å². The van der Waals surface area contributed by atoms with Crippen molar-refractivity contribution in [2.24, 2.45) is 5.92 Å². The van der Waals surface area contributed by atoms with E-state index < -0.39 is 0 Å². The summed E-state index contributed by atoms with van der Waals surface area (Å²) in [6.07, 6.45) is 0. The van der Waals surface area contributed by atoms with Crippen molar-refractivity contribution in [2.45, 2.75) is 19.9 Å². The van der Waals surface area contributed by atoms with Crippen molar-refractivity contribution in [1.29, 1.82) is 0 Å². The number of benzene rings is 1. The van der Waals surface area contributed by atoms with Gasteiger partial charge in [0, 0.05) is 30.4 Å². The van der Waals surface area contributed by atoms with Gasteiger partial charge in [-0.25, -0.2) is 0 Å². The lowest BCUT2D eigenvalue weighted by molar-refractivity contribution is -0.118. The molecule has 0 atom stereocenters. The predicted octanol–water partition coefficient (Wildman–Crippen LogP) is 1.66. The number of carbonyl (C=O) groups is 1. The maximum atomic E-state index is 11.5. The van der Waals surface area contributed by atoms with E-state index in [0.717, 1.165) is 24.5 Å². The Morgan fingerprint density at radius 3 is 2.29 bits per heavy atom. The molecule has 1 aliphatic rings. The van der Waals surface area contributed by atoms with E-state index in [4.69, 9.17) is 0 Å². The third kappa shape index (κ3) is 3.20. The van der Waals surface area contributed by atoms with Gasteiger partial charge >= 0.3 is 0 Å². The molecule has 0 aliphatic carbocycles. The highest BCUT2D eigenvalue weighted by atomic mass is 16.1. The van der Waals surface area contributed by atoms with E-state index in [-0.39, 0.29) is 11.8 Å². The molecule has 4 heteroatoms. The number of hydrogen-bond acceptors (Lipinski definition) is 3. The molecule has 1 aromatic carbocycles. The number of rotatable bonds is 4. The number of carbonyl (C=O) groups excluding carboxylic acids is 1. The van der Waals surface area contributed by atoms with E-state index >= 15 is 0 Å². The molecular weight excluding hydrogens is 214 g/mol. The van der Waals surface area contributed by atoms with Gasteiger partial charge in [-0.1, -0.05) is 13.8 Å². The summed E-state index contributed by atoms with van der Waals surface area (Å²) in [5, 5.41) is 9.49. The summed E-state index contributed by atoms with van der Waals surface area (Å²) >= 11 is 0. The normalized spacial score (nSPS) is 15.5. The summed E-state index contributed by atoms with van der Waals surface area (Å²) in [7, 11) is 0. The van der Waals surface area contributed by atoms with Crippen LogP contribution < -0.4 is 16.0 Å². The topological polar surface area (TPSA) is 53.2 Å². The van der Waals surface area contributed by atoms with Gasteiger partial charge in [-0.05, 0) is 24.3 Å².